The highest BCUT2D eigenvalue weighted by molar-refractivity contribution is 6.89. The molecule has 1 heterocycles. The van der Waals surface area contributed by atoms with Gasteiger partial charge in [0.1, 0.15) is 7.05 Å². The number of aromatic nitrogens is 1. The molecule has 0 aliphatic heterocycles. The maximum absolute atomic E-state index is 2.45. The molecule has 2 heteroatoms. The van der Waals surface area contributed by atoms with E-state index >= 15 is 0 Å². The molecule has 1 aromatic carbocycles. The zero-order valence-corrected chi connectivity index (χ0v) is 17.3. The first-order chi connectivity index (χ1) is 10.5. The summed E-state index contributed by atoms with van der Waals surface area (Å²) in [6.07, 6.45) is 2.40. The third-order valence-electron chi connectivity index (χ3n) is 4.67. The van der Waals surface area contributed by atoms with Crippen LogP contribution in [0, 0.1) is 20.8 Å². The van der Waals surface area contributed by atoms with E-state index in [4.69, 9.17) is 0 Å². The lowest BCUT2D eigenvalue weighted by Gasteiger charge is -2.22. The minimum atomic E-state index is -1.35. The summed E-state index contributed by atoms with van der Waals surface area (Å²) in [4.78, 5) is 0. The number of aryl methyl sites for hydroxylation is 4. The molecule has 0 bridgehead atoms. The van der Waals surface area contributed by atoms with Gasteiger partial charge in [-0.3, -0.25) is 0 Å². The van der Waals surface area contributed by atoms with Gasteiger partial charge in [-0.1, -0.05) is 51.2 Å². The highest BCUT2D eigenvalue weighted by atomic mass is 28.3. The van der Waals surface area contributed by atoms with Crippen LogP contribution in [0.25, 0.3) is 11.3 Å². The molecule has 0 aliphatic carbocycles. The zero-order chi connectivity index (χ0) is 17.5. The van der Waals surface area contributed by atoms with E-state index in [0.717, 1.165) is 0 Å². The molecule has 2 rings (SSSR count). The SMILES string of the molecule is Cc1cc(C)c(-c2cc(C(C)C)c([Si](C)(C)C)c[n+]2C)c(C)c1. The van der Waals surface area contributed by atoms with Gasteiger partial charge in [-0.05, 0) is 43.4 Å². The van der Waals surface area contributed by atoms with Crippen molar-refractivity contribution in [1.82, 2.24) is 0 Å². The molecule has 0 amide bonds. The van der Waals surface area contributed by atoms with Crippen LogP contribution in [-0.2, 0) is 7.05 Å². The van der Waals surface area contributed by atoms with Crippen molar-refractivity contribution >= 4 is 13.3 Å². The fraction of sp³-hybridized carbons (Fsp3) is 0.476. The maximum atomic E-state index is 2.45. The Labute approximate surface area is 143 Å². The summed E-state index contributed by atoms with van der Waals surface area (Å²) in [7, 11) is 0.843. The van der Waals surface area contributed by atoms with Crippen molar-refractivity contribution in [2.75, 3.05) is 0 Å². The Morgan fingerprint density at radius 1 is 0.913 bits per heavy atom. The predicted molar refractivity (Wildman–Crippen MR) is 104 cm³/mol. The van der Waals surface area contributed by atoms with Crippen molar-refractivity contribution in [3.8, 4) is 11.3 Å². The van der Waals surface area contributed by atoms with E-state index in [0.29, 0.717) is 5.92 Å². The Morgan fingerprint density at radius 3 is 1.87 bits per heavy atom. The van der Waals surface area contributed by atoms with Gasteiger partial charge in [0.05, 0.1) is 13.6 Å². The molecule has 0 fully saturated rings. The molecule has 0 spiro atoms. The Hall–Kier alpha value is -1.41. The number of nitrogens with zero attached hydrogens (tertiary/aromatic N) is 1. The molecular formula is C21H32NSi+. The van der Waals surface area contributed by atoms with Gasteiger partial charge in [-0.15, -0.1) is 0 Å². The summed E-state index contributed by atoms with van der Waals surface area (Å²) >= 11 is 0. The number of benzene rings is 1. The molecule has 124 valence electrons. The molecule has 1 nitrogen and oxygen atoms in total. The lowest BCUT2D eigenvalue weighted by atomic mass is 9.94. The van der Waals surface area contributed by atoms with E-state index < -0.39 is 8.07 Å². The third kappa shape index (κ3) is 3.58. The van der Waals surface area contributed by atoms with Gasteiger partial charge in [0, 0.05) is 11.3 Å². The van der Waals surface area contributed by atoms with Gasteiger partial charge in [-0.2, -0.15) is 0 Å². The van der Waals surface area contributed by atoms with Crippen molar-refractivity contribution in [2.24, 2.45) is 7.05 Å². The predicted octanol–water partition coefficient (Wildman–Crippen LogP) is 4.77. The van der Waals surface area contributed by atoms with Crippen LogP contribution < -0.4 is 9.75 Å². The van der Waals surface area contributed by atoms with E-state index in [9.17, 15) is 0 Å². The van der Waals surface area contributed by atoms with Crippen LogP contribution in [0.2, 0.25) is 19.6 Å². The van der Waals surface area contributed by atoms with Gasteiger partial charge in [-0.25, -0.2) is 4.57 Å². The van der Waals surface area contributed by atoms with E-state index in [1.165, 1.54) is 33.5 Å². The third-order valence-corrected chi connectivity index (χ3v) is 6.70. The van der Waals surface area contributed by atoms with E-state index in [2.05, 4.69) is 90.3 Å². The lowest BCUT2D eigenvalue weighted by molar-refractivity contribution is -0.659. The fourth-order valence-electron chi connectivity index (χ4n) is 3.60. The molecule has 0 radical (unpaired) electrons. The summed E-state index contributed by atoms with van der Waals surface area (Å²) in [5.74, 6) is 0.558. The van der Waals surface area contributed by atoms with Gasteiger partial charge < -0.3 is 0 Å². The van der Waals surface area contributed by atoms with Gasteiger partial charge in [0.25, 0.3) is 0 Å². The van der Waals surface area contributed by atoms with Crippen molar-refractivity contribution in [3.05, 3.63) is 46.6 Å². The Morgan fingerprint density at radius 2 is 1.43 bits per heavy atom. The summed E-state index contributed by atoms with van der Waals surface area (Å²) in [5.41, 5.74) is 8.33. The van der Waals surface area contributed by atoms with Gasteiger partial charge in [0.2, 0.25) is 5.69 Å². The van der Waals surface area contributed by atoms with Gasteiger partial charge in [0.15, 0.2) is 6.20 Å². The molecule has 2 aromatic rings. The molecule has 1 aromatic heterocycles. The van der Waals surface area contributed by atoms with E-state index in [1.54, 1.807) is 5.19 Å². The Bertz CT molecular complexity index is 713. The standard InChI is InChI=1S/C21H32NSi/c1-14(2)18-12-19(22(6)13-20(18)23(7,8)9)21-16(4)10-15(3)11-17(21)5/h10-14H,1-9H3/q+1. The minimum Gasteiger partial charge on any atom is -0.201 e. The first kappa shape index (κ1) is 17.9. The van der Waals surface area contributed by atoms with E-state index in [-0.39, 0.29) is 0 Å². The van der Waals surface area contributed by atoms with Crippen LogP contribution in [0.1, 0.15) is 42.0 Å². The summed E-state index contributed by atoms with van der Waals surface area (Å²) < 4.78 is 2.34. The molecule has 0 saturated carbocycles. The highest BCUT2D eigenvalue weighted by Crippen LogP contribution is 2.28. The molecule has 0 aliphatic rings. The molecule has 0 N–H and O–H groups in total. The van der Waals surface area contributed by atoms with Crippen molar-refractivity contribution in [3.63, 3.8) is 0 Å². The second kappa shape index (κ2) is 6.24. The largest absolute Gasteiger partial charge is 0.213 e. The van der Waals surface area contributed by atoms with Crippen LogP contribution >= 0.6 is 0 Å². The Balaban J connectivity index is 2.78. The molecule has 0 atom stereocenters. The quantitative estimate of drug-likeness (QED) is 0.565. The normalized spacial score (nSPS) is 12.1. The molecule has 0 unspecified atom stereocenters. The lowest BCUT2D eigenvalue weighted by Crippen LogP contribution is -2.47. The Kier molecular flexibility index (Phi) is 4.86. The van der Waals surface area contributed by atoms with Crippen LogP contribution in [0.5, 0.6) is 0 Å². The second-order valence-electron chi connectivity index (χ2n) is 8.32. The number of hydrogen-bond acceptors (Lipinski definition) is 0. The molecule has 23 heavy (non-hydrogen) atoms. The van der Waals surface area contributed by atoms with Crippen molar-refractivity contribution in [1.29, 1.82) is 0 Å². The number of hydrogen-bond donors (Lipinski definition) is 0. The average molecular weight is 327 g/mol. The summed E-state index contributed by atoms with van der Waals surface area (Å²) in [6, 6.07) is 7.04. The smallest absolute Gasteiger partial charge is 0.201 e. The number of pyridine rings is 1. The average Bonchev–Trinajstić information content (AvgIpc) is 2.37. The van der Waals surface area contributed by atoms with Crippen LogP contribution in [0.4, 0.5) is 0 Å². The van der Waals surface area contributed by atoms with Crippen molar-refractivity contribution in [2.45, 2.75) is 60.2 Å². The maximum Gasteiger partial charge on any atom is 0.213 e. The summed E-state index contributed by atoms with van der Waals surface area (Å²) in [6.45, 7) is 18.6. The first-order valence-electron chi connectivity index (χ1n) is 8.64. The van der Waals surface area contributed by atoms with Crippen LogP contribution in [-0.4, -0.2) is 8.07 Å². The first-order valence-corrected chi connectivity index (χ1v) is 12.1. The number of rotatable bonds is 3. The monoisotopic (exact) mass is 326 g/mol. The molecule has 0 saturated heterocycles. The van der Waals surface area contributed by atoms with Crippen LogP contribution in [0.3, 0.4) is 0 Å². The fourth-order valence-corrected chi connectivity index (χ4v) is 5.41. The zero-order valence-electron chi connectivity index (χ0n) is 16.3. The van der Waals surface area contributed by atoms with Crippen LogP contribution in [0.15, 0.2) is 24.4 Å². The molecular weight excluding hydrogens is 294 g/mol. The minimum absolute atomic E-state index is 0.558. The van der Waals surface area contributed by atoms with Crippen molar-refractivity contribution < 1.29 is 4.57 Å². The summed E-state index contributed by atoms with van der Waals surface area (Å²) in [5, 5.41) is 1.58. The van der Waals surface area contributed by atoms with Gasteiger partial charge >= 0.3 is 0 Å². The topological polar surface area (TPSA) is 3.88 Å². The van der Waals surface area contributed by atoms with E-state index in [1.807, 2.05) is 0 Å². The highest BCUT2D eigenvalue weighted by Gasteiger charge is 2.27. The second-order valence-corrected chi connectivity index (χ2v) is 13.4.